The van der Waals surface area contributed by atoms with E-state index in [1.54, 1.807) is 7.11 Å². The molecule has 1 aliphatic heterocycles. The largest absolute Gasteiger partial charge is 0.497 e. The fraction of sp³-hybridized carbons (Fsp3) is 0.208. The summed E-state index contributed by atoms with van der Waals surface area (Å²) >= 11 is 0. The molecule has 3 aromatic carbocycles. The number of methoxy groups -OCH3 is 1. The van der Waals surface area contributed by atoms with Crippen LogP contribution in [0.1, 0.15) is 34.1 Å². The molecule has 0 fully saturated rings. The topological polar surface area (TPSA) is 65.0 Å². The van der Waals surface area contributed by atoms with Crippen LogP contribution in [0.5, 0.6) is 17.2 Å². The molecule has 0 radical (unpaired) electrons. The fourth-order valence-corrected chi connectivity index (χ4v) is 4.66. The minimum absolute atomic E-state index is 0.189. The zero-order valence-corrected chi connectivity index (χ0v) is 15.9. The smallest absolute Gasteiger partial charge is 0.308 e. The van der Waals surface area contributed by atoms with E-state index in [1.165, 1.54) is 0 Å². The molecule has 5 nitrogen and oxygen atoms in total. The molecular formula is C24H20O5. The molecule has 1 heterocycles. The second-order valence-corrected chi connectivity index (χ2v) is 7.34. The van der Waals surface area contributed by atoms with E-state index in [0.29, 0.717) is 11.5 Å². The van der Waals surface area contributed by atoms with Gasteiger partial charge in [0.25, 0.3) is 0 Å². The first-order chi connectivity index (χ1) is 14.2. The highest BCUT2D eigenvalue weighted by Gasteiger charge is 2.46. The molecule has 1 N–H and O–H groups in total. The van der Waals surface area contributed by atoms with Gasteiger partial charge in [0.1, 0.15) is 5.75 Å². The molecule has 2 aliphatic rings. The van der Waals surface area contributed by atoms with Crippen LogP contribution < -0.4 is 14.2 Å². The van der Waals surface area contributed by atoms with E-state index in [9.17, 15) is 9.90 Å². The standard InChI is InChI=1S/C24H20O5/c1-27-16-6-4-5-14(11-16)21-17-7-2-3-8-18(17)22(23(21)24(25)26)15-9-10-19-20(12-15)29-13-28-19/h2-12,21-23H,13H2,1H3,(H,25,26). The third-order valence-corrected chi connectivity index (χ3v) is 5.88. The van der Waals surface area contributed by atoms with Gasteiger partial charge in [-0.15, -0.1) is 0 Å². The summed E-state index contributed by atoms with van der Waals surface area (Å²) in [5.41, 5.74) is 3.93. The van der Waals surface area contributed by atoms with Gasteiger partial charge in [0, 0.05) is 11.8 Å². The molecule has 3 aromatic rings. The Labute approximate surface area is 168 Å². The molecule has 0 amide bonds. The van der Waals surface area contributed by atoms with Gasteiger partial charge in [-0.3, -0.25) is 4.79 Å². The normalized spacial score (nSPS) is 21.6. The summed E-state index contributed by atoms with van der Waals surface area (Å²) in [7, 11) is 1.62. The molecule has 29 heavy (non-hydrogen) atoms. The highest BCUT2D eigenvalue weighted by atomic mass is 16.7. The maximum atomic E-state index is 12.5. The number of benzene rings is 3. The number of carboxylic acids is 1. The Bertz CT molecular complexity index is 1090. The number of hydrogen-bond acceptors (Lipinski definition) is 4. The van der Waals surface area contributed by atoms with Crippen LogP contribution in [0.2, 0.25) is 0 Å². The number of ether oxygens (including phenoxy) is 3. The number of carboxylic acid groups (broad SMARTS) is 1. The lowest BCUT2D eigenvalue weighted by Gasteiger charge is -2.23. The van der Waals surface area contributed by atoms with Gasteiger partial charge in [0.15, 0.2) is 11.5 Å². The molecule has 5 rings (SSSR count). The number of fused-ring (bicyclic) bond motifs is 2. The van der Waals surface area contributed by atoms with E-state index in [1.807, 2.05) is 66.7 Å². The lowest BCUT2D eigenvalue weighted by molar-refractivity contribution is -0.142. The molecule has 0 bridgehead atoms. The second-order valence-electron chi connectivity index (χ2n) is 7.34. The van der Waals surface area contributed by atoms with Crippen molar-refractivity contribution in [2.75, 3.05) is 13.9 Å². The summed E-state index contributed by atoms with van der Waals surface area (Å²) < 4.78 is 16.3. The molecule has 1 aliphatic carbocycles. The Balaban J connectivity index is 1.68. The van der Waals surface area contributed by atoms with Crippen molar-refractivity contribution in [3.8, 4) is 17.2 Å². The Morgan fingerprint density at radius 1 is 0.897 bits per heavy atom. The third-order valence-electron chi connectivity index (χ3n) is 5.88. The van der Waals surface area contributed by atoms with Crippen molar-refractivity contribution in [2.24, 2.45) is 5.92 Å². The fourth-order valence-electron chi connectivity index (χ4n) is 4.66. The number of aliphatic carboxylic acids is 1. The van der Waals surface area contributed by atoms with E-state index in [0.717, 1.165) is 28.0 Å². The predicted molar refractivity (Wildman–Crippen MR) is 107 cm³/mol. The minimum Gasteiger partial charge on any atom is -0.497 e. The quantitative estimate of drug-likeness (QED) is 0.718. The van der Waals surface area contributed by atoms with Gasteiger partial charge in [-0.2, -0.15) is 0 Å². The molecule has 0 saturated heterocycles. The molecule has 0 aromatic heterocycles. The van der Waals surface area contributed by atoms with Gasteiger partial charge in [-0.1, -0.05) is 42.5 Å². The summed E-state index contributed by atoms with van der Waals surface area (Å²) in [4.78, 5) is 12.5. The van der Waals surface area contributed by atoms with Gasteiger partial charge in [0.2, 0.25) is 6.79 Å². The highest BCUT2D eigenvalue weighted by Crippen LogP contribution is 2.53. The Morgan fingerprint density at radius 2 is 1.59 bits per heavy atom. The first-order valence-electron chi connectivity index (χ1n) is 9.52. The van der Waals surface area contributed by atoms with Crippen molar-refractivity contribution in [3.63, 3.8) is 0 Å². The zero-order valence-electron chi connectivity index (χ0n) is 15.9. The predicted octanol–water partition coefficient (Wildman–Crippen LogP) is 4.40. The van der Waals surface area contributed by atoms with Gasteiger partial charge < -0.3 is 19.3 Å². The van der Waals surface area contributed by atoms with Gasteiger partial charge >= 0.3 is 5.97 Å². The van der Waals surface area contributed by atoms with Crippen molar-refractivity contribution in [1.82, 2.24) is 0 Å². The number of carbonyl (C=O) groups is 1. The van der Waals surface area contributed by atoms with Crippen LogP contribution in [0.3, 0.4) is 0 Å². The first kappa shape index (κ1) is 17.6. The monoisotopic (exact) mass is 388 g/mol. The summed E-state index contributed by atoms with van der Waals surface area (Å²) in [6.07, 6.45) is 0. The molecule has 146 valence electrons. The summed E-state index contributed by atoms with van der Waals surface area (Å²) in [5, 5.41) is 10.3. The molecule has 3 unspecified atom stereocenters. The minimum atomic E-state index is -0.823. The average molecular weight is 388 g/mol. The van der Waals surface area contributed by atoms with E-state index >= 15 is 0 Å². The van der Waals surface area contributed by atoms with Crippen LogP contribution in [0, 0.1) is 5.92 Å². The van der Waals surface area contributed by atoms with Crippen LogP contribution in [-0.4, -0.2) is 25.0 Å². The maximum Gasteiger partial charge on any atom is 0.308 e. The molecule has 3 atom stereocenters. The Hall–Kier alpha value is -3.47. The average Bonchev–Trinajstić information content (AvgIpc) is 3.35. The van der Waals surface area contributed by atoms with Crippen LogP contribution in [0.15, 0.2) is 66.7 Å². The third kappa shape index (κ3) is 2.81. The van der Waals surface area contributed by atoms with Crippen molar-refractivity contribution in [1.29, 1.82) is 0 Å². The van der Waals surface area contributed by atoms with E-state index < -0.39 is 11.9 Å². The molecule has 5 heteroatoms. The lowest BCUT2D eigenvalue weighted by atomic mass is 9.79. The number of rotatable bonds is 4. The highest BCUT2D eigenvalue weighted by molar-refractivity contribution is 5.78. The molecule has 0 saturated carbocycles. The first-order valence-corrected chi connectivity index (χ1v) is 9.52. The summed E-state index contributed by atoms with van der Waals surface area (Å²) in [5.74, 6) is 0.0565. The zero-order chi connectivity index (χ0) is 20.0. The van der Waals surface area contributed by atoms with Crippen LogP contribution in [0.25, 0.3) is 0 Å². The van der Waals surface area contributed by atoms with Crippen molar-refractivity contribution < 1.29 is 24.1 Å². The molecular weight excluding hydrogens is 368 g/mol. The number of hydrogen-bond donors (Lipinski definition) is 1. The summed E-state index contributed by atoms with van der Waals surface area (Å²) in [6, 6.07) is 21.4. The maximum absolute atomic E-state index is 12.5. The lowest BCUT2D eigenvalue weighted by Crippen LogP contribution is -2.24. The Kier molecular flexibility index (Phi) is 4.16. The van der Waals surface area contributed by atoms with Gasteiger partial charge in [-0.05, 0) is 46.5 Å². The SMILES string of the molecule is COc1cccc(C2c3ccccc3C(c3ccc4c(c3)OCO4)C2C(=O)O)c1. The van der Waals surface area contributed by atoms with Crippen LogP contribution >= 0.6 is 0 Å². The van der Waals surface area contributed by atoms with E-state index in [2.05, 4.69) is 0 Å². The van der Waals surface area contributed by atoms with Crippen LogP contribution in [-0.2, 0) is 4.79 Å². The summed E-state index contributed by atoms with van der Waals surface area (Å²) in [6.45, 7) is 0.189. The van der Waals surface area contributed by atoms with E-state index in [-0.39, 0.29) is 18.6 Å². The van der Waals surface area contributed by atoms with Crippen molar-refractivity contribution in [2.45, 2.75) is 11.8 Å². The van der Waals surface area contributed by atoms with Gasteiger partial charge in [0.05, 0.1) is 13.0 Å². The Morgan fingerprint density at radius 3 is 2.28 bits per heavy atom. The van der Waals surface area contributed by atoms with Crippen molar-refractivity contribution in [3.05, 3.63) is 89.0 Å². The molecule has 0 spiro atoms. The van der Waals surface area contributed by atoms with E-state index in [4.69, 9.17) is 14.2 Å². The van der Waals surface area contributed by atoms with Gasteiger partial charge in [-0.25, -0.2) is 0 Å². The van der Waals surface area contributed by atoms with Crippen LogP contribution in [0.4, 0.5) is 0 Å². The van der Waals surface area contributed by atoms with Crippen molar-refractivity contribution >= 4 is 5.97 Å². The second kappa shape index (κ2) is 6.85.